The van der Waals surface area contributed by atoms with Gasteiger partial charge in [0.1, 0.15) is 23.0 Å². The van der Waals surface area contributed by atoms with Gasteiger partial charge in [0.15, 0.2) is 5.78 Å². The van der Waals surface area contributed by atoms with Crippen LogP contribution >= 0.6 is 23.2 Å². The van der Waals surface area contributed by atoms with E-state index in [9.17, 15) is 10.2 Å². The monoisotopic (exact) mass is 790 g/mol. The largest absolute Gasteiger partial charge is 0.543 e. The van der Waals surface area contributed by atoms with Crippen LogP contribution in [0, 0.1) is 0 Å². The van der Waals surface area contributed by atoms with Crippen LogP contribution in [0.15, 0.2) is 24.3 Å². The van der Waals surface area contributed by atoms with Crippen LogP contribution in [0.4, 0.5) is 0 Å². The molecule has 0 bridgehead atoms. The van der Waals surface area contributed by atoms with Crippen LogP contribution in [-0.2, 0) is 15.6 Å². The molecule has 292 valence electrons. The molecule has 0 spiro atoms. The Hall–Kier alpha value is -1.68. The predicted molar refractivity (Wildman–Crippen MR) is 224 cm³/mol. The summed E-state index contributed by atoms with van der Waals surface area (Å²) >= 11 is 13.8. The highest BCUT2D eigenvalue weighted by atomic mass is 35.5. The van der Waals surface area contributed by atoms with Crippen molar-refractivity contribution < 1.29 is 23.9 Å². The standard InChI is InChI=1S/C43H68Cl2O5Si2/c1-27(2)51(28(3)4,29(5)6)49-33-23-35(39(46)37(44)25-33)42(19-15-13-16-20-42)41(48)43(21-17-14-18-22-43)36-24-34(26-38(45)40(36)47)50-52(30(7)8,31(9)10)32(11)12/h23-32,46-47H,13-22H2,1-12H3. The lowest BCUT2D eigenvalue weighted by molar-refractivity contribution is -0.133. The number of phenolic OH excluding ortho intramolecular Hbond substituents is 2. The number of Topliss-reactive ketones (excluding diaryl/α,β-unsaturated/α-hetero) is 1. The van der Waals surface area contributed by atoms with E-state index in [1.807, 2.05) is 12.1 Å². The number of carbonyl (C=O) groups excluding carboxylic acids is 1. The maximum atomic E-state index is 16.0. The van der Waals surface area contributed by atoms with Gasteiger partial charge in [-0.1, -0.05) is 145 Å². The fourth-order valence-corrected chi connectivity index (χ4v) is 22.0. The summed E-state index contributed by atoms with van der Waals surface area (Å²) in [6.07, 6.45) is 7.83. The van der Waals surface area contributed by atoms with E-state index < -0.39 is 27.5 Å². The molecule has 2 aliphatic carbocycles. The van der Waals surface area contributed by atoms with Crippen molar-refractivity contribution in [3.05, 3.63) is 45.4 Å². The molecule has 2 aliphatic rings. The van der Waals surface area contributed by atoms with Crippen molar-refractivity contribution in [1.29, 1.82) is 0 Å². The van der Waals surface area contributed by atoms with Crippen molar-refractivity contribution in [2.75, 3.05) is 0 Å². The molecule has 0 amide bonds. The van der Waals surface area contributed by atoms with Crippen LogP contribution in [0.2, 0.25) is 43.3 Å². The maximum Gasteiger partial charge on any atom is 0.258 e. The highest BCUT2D eigenvalue weighted by molar-refractivity contribution is 6.78. The highest BCUT2D eigenvalue weighted by Gasteiger charge is 2.55. The number of ketones is 1. The lowest BCUT2D eigenvalue weighted by Gasteiger charge is -2.47. The number of hydrogen-bond acceptors (Lipinski definition) is 5. The number of aromatic hydroxyl groups is 2. The smallest absolute Gasteiger partial charge is 0.258 e. The number of phenols is 2. The van der Waals surface area contributed by atoms with Gasteiger partial charge in [-0.3, -0.25) is 4.79 Å². The molecular formula is C43H68Cl2O5Si2. The van der Waals surface area contributed by atoms with Gasteiger partial charge in [-0.15, -0.1) is 0 Å². The number of halogens is 2. The Morgan fingerprint density at radius 2 is 0.808 bits per heavy atom. The molecule has 0 saturated heterocycles. The summed E-state index contributed by atoms with van der Waals surface area (Å²) in [7, 11) is -4.76. The van der Waals surface area contributed by atoms with Crippen LogP contribution in [0.5, 0.6) is 23.0 Å². The van der Waals surface area contributed by atoms with E-state index in [-0.39, 0.29) is 27.3 Å². The molecule has 4 rings (SSSR count). The Labute approximate surface area is 327 Å². The van der Waals surface area contributed by atoms with Crippen molar-refractivity contribution in [2.45, 2.75) is 191 Å². The van der Waals surface area contributed by atoms with E-state index in [0.29, 0.717) is 81.6 Å². The molecule has 0 radical (unpaired) electrons. The average Bonchev–Trinajstić information content (AvgIpc) is 3.08. The first-order chi connectivity index (χ1) is 24.2. The Morgan fingerprint density at radius 1 is 0.538 bits per heavy atom. The van der Waals surface area contributed by atoms with Crippen molar-refractivity contribution in [3.8, 4) is 23.0 Å². The topological polar surface area (TPSA) is 76.0 Å². The second-order valence-corrected chi connectivity index (χ2v) is 29.6. The van der Waals surface area contributed by atoms with Gasteiger partial charge in [0.25, 0.3) is 16.6 Å². The van der Waals surface area contributed by atoms with Gasteiger partial charge < -0.3 is 19.1 Å². The highest BCUT2D eigenvalue weighted by Crippen LogP contribution is 2.57. The summed E-state index contributed by atoms with van der Waals surface area (Å²) in [6.45, 7) is 27.0. The van der Waals surface area contributed by atoms with Gasteiger partial charge in [-0.2, -0.15) is 0 Å². The fraction of sp³-hybridized carbons (Fsp3) is 0.698. The molecular weight excluding hydrogens is 724 g/mol. The Morgan fingerprint density at radius 3 is 1.06 bits per heavy atom. The molecule has 2 aromatic rings. The van der Waals surface area contributed by atoms with Gasteiger partial charge in [0.05, 0.1) is 20.9 Å². The minimum atomic E-state index is -2.38. The molecule has 0 aromatic heterocycles. The molecule has 2 fully saturated rings. The molecule has 52 heavy (non-hydrogen) atoms. The SMILES string of the molecule is CC(C)[Si](Oc1cc(Cl)c(O)c(C2(C(=O)C3(c4cc(O[Si](C(C)C)(C(C)C)C(C)C)cc(Cl)c4O)CCCCC3)CCCCC2)c1)(C(C)C)C(C)C. The van der Waals surface area contributed by atoms with Gasteiger partial charge in [0.2, 0.25) is 0 Å². The molecule has 0 heterocycles. The summed E-state index contributed by atoms with van der Waals surface area (Å²) < 4.78 is 14.3. The van der Waals surface area contributed by atoms with Crippen LogP contribution in [0.1, 0.15) is 158 Å². The van der Waals surface area contributed by atoms with E-state index in [1.54, 1.807) is 12.1 Å². The summed E-state index contributed by atoms with van der Waals surface area (Å²) in [5, 5.41) is 24.2. The molecule has 2 saturated carbocycles. The lowest BCUT2D eigenvalue weighted by Crippen LogP contribution is -2.52. The number of rotatable bonds is 14. The zero-order chi connectivity index (χ0) is 39.0. The third-order valence-corrected chi connectivity index (χ3v) is 26.0. The summed E-state index contributed by atoms with van der Waals surface area (Å²) in [6, 6.07) is 7.37. The summed E-state index contributed by atoms with van der Waals surface area (Å²) in [5.41, 5.74) is 1.13. The number of hydrogen-bond donors (Lipinski definition) is 2. The van der Waals surface area contributed by atoms with E-state index in [2.05, 4.69) is 83.1 Å². The molecule has 2 N–H and O–H groups in total. The molecule has 0 atom stereocenters. The van der Waals surface area contributed by atoms with Crippen LogP contribution in [0.3, 0.4) is 0 Å². The van der Waals surface area contributed by atoms with Gasteiger partial charge in [-0.25, -0.2) is 0 Å². The van der Waals surface area contributed by atoms with Crippen LogP contribution in [-0.4, -0.2) is 32.6 Å². The normalized spacial score (nSPS) is 18.2. The third-order valence-electron chi connectivity index (χ3n) is 13.4. The van der Waals surface area contributed by atoms with Crippen molar-refractivity contribution in [1.82, 2.24) is 0 Å². The first-order valence-electron chi connectivity index (χ1n) is 20.2. The number of carbonyl (C=O) groups is 1. The Bertz CT molecular complexity index is 1400. The van der Waals surface area contributed by atoms with E-state index in [1.165, 1.54) is 0 Å². The zero-order valence-corrected chi connectivity index (χ0v) is 37.7. The first-order valence-corrected chi connectivity index (χ1v) is 25.3. The third kappa shape index (κ3) is 7.48. The summed E-state index contributed by atoms with van der Waals surface area (Å²) in [4.78, 5) is 16.0. The van der Waals surface area contributed by atoms with Crippen molar-refractivity contribution in [2.24, 2.45) is 0 Å². The van der Waals surface area contributed by atoms with Gasteiger partial charge in [-0.05, 0) is 71.1 Å². The van der Waals surface area contributed by atoms with E-state index >= 15 is 4.79 Å². The molecule has 5 nitrogen and oxygen atoms in total. The molecule has 9 heteroatoms. The minimum Gasteiger partial charge on any atom is -0.543 e. The minimum absolute atomic E-state index is 0.0398. The Kier molecular flexibility index (Phi) is 13.7. The second kappa shape index (κ2) is 16.6. The average molecular weight is 792 g/mol. The van der Waals surface area contributed by atoms with Crippen molar-refractivity contribution >= 4 is 45.6 Å². The first kappa shape index (κ1) is 43.1. The van der Waals surface area contributed by atoms with Gasteiger partial charge >= 0.3 is 0 Å². The fourth-order valence-electron chi connectivity index (χ4n) is 11.1. The van der Waals surface area contributed by atoms with E-state index in [0.717, 1.165) is 38.5 Å². The Balaban J connectivity index is 1.97. The number of benzene rings is 2. The van der Waals surface area contributed by atoms with Gasteiger partial charge in [0, 0.05) is 23.3 Å². The van der Waals surface area contributed by atoms with Crippen molar-refractivity contribution in [3.63, 3.8) is 0 Å². The van der Waals surface area contributed by atoms with Crippen LogP contribution < -0.4 is 8.85 Å². The zero-order valence-electron chi connectivity index (χ0n) is 34.2. The maximum absolute atomic E-state index is 16.0. The van der Waals surface area contributed by atoms with E-state index in [4.69, 9.17) is 32.1 Å². The lowest BCUT2D eigenvalue weighted by atomic mass is 9.55. The predicted octanol–water partition coefficient (Wildman–Crippen LogP) is 14.2. The molecule has 0 aliphatic heterocycles. The molecule has 2 aromatic carbocycles. The van der Waals surface area contributed by atoms with Crippen LogP contribution in [0.25, 0.3) is 0 Å². The quantitative estimate of drug-likeness (QED) is 0.186. The second-order valence-electron chi connectivity index (χ2n) is 18.1. The molecule has 0 unspecified atom stereocenters. The summed E-state index contributed by atoms with van der Waals surface area (Å²) in [5.74, 6) is 1.24.